The van der Waals surface area contributed by atoms with Crippen molar-refractivity contribution in [3.8, 4) is 0 Å². The predicted octanol–water partition coefficient (Wildman–Crippen LogP) is 0.861. The third kappa shape index (κ3) is 5.83. The first-order valence-electron chi connectivity index (χ1n) is 6.76. The summed E-state index contributed by atoms with van der Waals surface area (Å²) in [5.74, 6) is 1.17. The number of nitrogens with zero attached hydrogens (tertiary/aromatic N) is 2. The van der Waals surface area contributed by atoms with Crippen LogP contribution in [0.5, 0.6) is 0 Å². The molecular weight excluding hydrogens is 258 g/mol. The Hall–Kier alpha value is -1.89. The quantitative estimate of drug-likeness (QED) is 0.582. The van der Waals surface area contributed by atoms with Crippen LogP contribution in [0.4, 0.5) is 11.6 Å². The molecule has 0 aromatic carbocycles. The zero-order chi connectivity index (χ0) is 14.8. The Kier molecular flexibility index (Phi) is 7.34. The summed E-state index contributed by atoms with van der Waals surface area (Å²) < 4.78 is 4.88. The lowest BCUT2D eigenvalue weighted by Crippen LogP contribution is -2.39. The van der Waals surface area contributed by atoms with Gasteiger partial charge in [-0.15, -0.1) is 0 Å². The third-order valence-electron chi connectivity index (χ3n) is 2.55. The van der Waals surface area contributed by atoms with Gasteiger partial charge in [-0.1, -0.05) is 6.92 Å². The van der Waals surface area contributed by atoms with Gasteiger partial charge in [0, 0.05) is 20.2 Å². The molecule has 0 spiro atoms. The van der Waals surface area contributed by atoms with E-state index in [9.17, 15) is 4.79 Å². The lowest BCUT2D eigenvalue weighted by Gasteiger charge is -2.14. The Bertz CT molecular complexity index is 414. The fraction of sp³-hybridized carbons (Fsp3) is 0.615. The molecule has 20 heavy (non-hydrogen) atoms. The van der Waals surface area contributed by atoms with E-state index in [1.807, 2.05) is 0 Å². The number of methoxy groups -OCH3 is 1. The summed E-state index contributed by atoms with van der Waals surface area (Å²) in [6, 6.07) is -0.386. The van der Waals surface area contributed by atoms with Crippen molar-refractivity contribution >= 4 is 17.5 Å². The maximum Gasteiger partial charge on any atom is 0.242 e. The van der Waals surface area contributed by atoms with Crippen molar-refractivity contribution in [3.63, 3.8) is 0 Å². The SMILES string of the molecule is CCCNc1cncc(NC(C)C(=O)NCCOC)n1. The molecule has 1 rings (SSSR count). The number of rotatable bonds is 9. The summed E-state index contributed by atoms with van der Waals surface area (Å²) in [5, 5.41) is 8.93. The van der Waals surface area contributed by atoms with Gasteiger partial charge >= 0.3 is 0 Å². The molecule has 0 bridgehead atoms. The Morgan fingerprint density at radius 1 is 1.35 bits per heavy atom. The Balaban J connectivity index is 2.48. The number of carbonyl (C=O) groups is 1. The molecule has 1 heterocycles. The molecule has 0 saturated heterocycles. The number of carbonyl (C=O) groups excluding carboxylic acids is 1. The number of anilines is 2. The van der Waals surface area contributed by atoms with Gasteiger partial charge in [0.2, 0.25) is 5.91 Å². The molecule has 7 heteroatoms. The van der Waals surface area contributed by atoms with E-state index >= 15 is 0 Å². The molecule has 0 aliphatic rings. The minimum Gasteiger partial charge on any atom is -0.383 e. The van der Waals surface area contributed by atoms with Crippen molar-refractivity contribution < 1.29 is 9.53 Å². The number of hydrogen-bond donors (Lipinski definition) is 3. The van der Waals surface area contributed by atoms with E-state index in [0.29, 0.717) is 24.8 Å². The molecule has 3 N–H and O–H groups in total. The highest BCUT2D eigenvalue weighted by atomic mass is 16.5. The number of hydrogen-bond acceptors (Lipinski definition) is 6. The highest BCUT2D eigenvalue weighted by Gasteiger charge is 2.12. The summed E-state index contributed by atoms with van der Waals surface area (Å²) in [7, 11) is 1.60. The highest BCUT2D eigenvalue weighted by Crippen LogP contribution is 2.07. The molecule has 1 amide bonds. The fourth-order valence-electron chi connectivity index (χ4n) is 1.49. The van der Waals surface area contributed by atoms with Gasteiger partial charge in [0.15, 0.2) is 0 Å². The van der Waals surface area contributed by atoms with Gasteiger partial charge in [0.05, 0.1) is 19.0 Å². The maximum absolute atomic E-state index is 11.8. The van der Waals surface area contributed by atoms with E-state index in [0.717, 1.165) is 13.0 Å². The van der Waals surface area contributed by atoms with E-state index in [4.69, 9.17) is 4.74 Å². The summed E-state index contributed by atoms with van der Waals surface area (Å²) in [6.07, 6.45) is 4.26. The van der Waals surface area contributed by atoms with Crippen LogP contribution in [-0.2, 0) is 9.53 Å². The van der Waals surface area contributed by atoms with Gasteiger partial charge in [-0.2, -0.15) is 0 Å². The normalized spacial score (nSPS) is 11.8. The molecule has 1 aromatic rings. The molecule has 1 unspecified atom stereocenters. The second kappa shape index (κ2) is 9.08. The van der Waals surface area contributed by atoms with Crippen molar-refractivity contribution in [3.05, 3.63) is 12.4 Å². The number of ether oxygens (including phenoxy) is 1. The van der Waals surface area contributed by atoms with E-state index in [1.54, 1.807) is 26.4 Å². The Labute approximate surface area is 119 Å². The van der Waals surface area contributed by atoms with Crippen LogP contribution in [-0.4, -0.2) is 48.7 Å². The van der Waals surface area contributed by atoms with Crippen LogP contribution in [0, 0.1) is 0 Å². The van der Waals surface area contributed by atoms with Crippen LogP contribution in [0.1, 0.15) is 20.3 Å². The molecule has 112 valence electrons. The van der Waals surface area contributed by atoms with E-state index in [2.05, 4.69) is 32.8 Å². The van der Waals surface area contributed by atoms with Crippen molar-refractivity contribution in [2.45, 2.75) is 26.3 Å². The van der Waals surface area contributed by atoms with Crippen LogP contribution in [0.2, 0.25) is 0 Å². The first-order chi connectivity index (χ1) is 9.67. The standard InChI is InChI=1S/C13H23N5O2/c1-4-5-15-11-8-14-9-12(18-11)17-10(2)13(19)16-6-7-20-3/h8-10H,4-7H2,1-3H3,(H,16,19)(H2,15,17,18). The van der Waals surface area contributed by atoms with Gasteiger partial charge in [-0.05, 0) is 13.3 Å². The Morgan fingerprint density at radius 2 is 2.10 bits per heavy atom. The molecule has 0 radical (unpaired) electrons. The van der Waals surface area contributed by atoms with Crippen molar-refractivity contribution in [1.29, 1.82) is 0 Å². The van der Waals surface area contributed by atoms with Gasteiger partial charge in [-0.3, -0.25) is 9.78 Å². The van der Waals surface area contributed by atoms with E-state index < -0.39 is 0 Å². The van der Waals surface area contributed by atoms with Crippen molar-refractivity contribution in [1.82, 2.24) is 15.3 Å². The van der Waals surface area contributed by atoms with Crippen molar-refractivity contribution in [2.24, 2.45) is 0 Å². The molecule has 1 aromatic heterocycles. The largest absolute Gasteiger partial charge is 0.383 e. The minimum absolute atomic E-state index is 0.101. The van der Waals surface area contributed by atoms with Crippen LogP contribution in [0.25, 0.3) is 0 Å². The fourth-order valence-corrected chi connectivity index (χ4v) is 1.49. The molecular formula is C13H23N5O2. The lowest BCUT2D eigenvalue weighted by molar-refractivity contribution is -0.121. The molecule has 0 aliphatic carbocycles. The molecule has 0 aliphatic heterocycles. The van der Waals surface area contributed by atoms with E-state index in [1.165, 1.54) is 0 Å². The zero-order valence-electron chi connectivity index (χ0n) is 12.3. The molecule has 7 nitrogen and oxygen atoms in total. The van der Waals surface area contributed by atoms with Crippen LogP contribution in [0.3, 0.4) is 0 Å². The van der Waals surface area contributed by atoms with Crippen molar-refractivity contribution in [2.75, 3.05) is 37.4 Å². The smallest absolute Gasteiger partial charge is 0.242 e. The molecule has 0 fully saturated rings. The first kappa shape index (κ1) is 16.2. The summed E-state index contributed by atoms with van der Waals surface area (Å²) in [4.78, 5) is 20.2. The average Bonchev–Trinajstić information content (AvgIpc) is 2.45. The topological polar surface area (TPSA) is 88.2 Å². The highest BCUT2D eigenvalue weighted by molar-refractivity contribution is 5.83. The monoisotopic (exact) mass is 281 g/mol. The Morgan fingerprint density at radius 3 is 2.80 bits per heavy atom. The predicted molar refractivity (Wildman–Crippen MR) is 78.8 cm³/mol. The van der Waals surface area contributed by atoms with Crippen LogP contribution < -0.4 is 16.0 Å². The summed E-state index contributed by atoms with van der Waals surface area (Å²) >= 11 is 0. The number of aromatic nitrogens is 2. The number of nitrogens with one attached hydrogen (secondary N) is 3. The lowest BCUT2D eigenvalue weighted by atomic mass is 10.3. The third-order valence-corrected chi connectivity index (χ3v) is 2.55. The van der Waals surface area contributed by atoms with Gasteiger partial charge < -0.3 is 20.7 Å². The molecule has 0 saturated carbocycles. The minimum atomic E-state index is -0.386. The summed E-state index contributed by atoms with van der Waals surface area (Å²) in [6.45, 7) is 5.68. The first-order valence-corrected chi connectivity index (χ1v) is 6.76. The average molecular weight is 281 g/mol. The van der Waals surface area contributed by atoms with Gasteiger partial charge in [0.1, 0.15) is 17.7 Å². The second-order valence-corrected chi connectivity index (χ2v) is 4.37. The number of amides is 1. The van der Waals surface area contributed by atoms with Crippen LogP contribution in [0.15, 0.2) is 12.4 Å². The van der Waals surface area contributed by atoms with E-state index in [-0.39, 0.29) is 11.9 Å². The molecule has 1 atom stereocenters. The summed E-state index contributed by atoms with van der Waals surface area (Å²) in [5.41, 5.74) is 0. The zero-order valence-corrected chi connectivity index (χ0v) is 12.3. The second-order valence-electron chi connectivity index (χ2n) is 4.37. The maximum atomic E-state index is 11.8. The van der Waals surface area contributed by atoms with Gasteiger partial charge in [-0.25, -0.2) is 4.98 Å². The van der Waals surface area contributed by atoms with Crippen LogP contribution >= 0.6 is 0 Å². The van der Waals surface area contributed by atoms with Gasteiger partial charge in [0.25, 0.3) is 0 Å².